The van der Waals surface area contributed by atoms with Gasteiger partial charge in [-0.05, 0) is 19.3 Å². The zero-order valence-electron chi connectivity index (χ0n) is 7.55. The first-order chi connectivity index (χ1) is 5.09. The highest BCUT2D eigenvalue weighted by molar-refractivity contribution is 5.78. The van der Waals surface area contributed by atoms with E-state index in [0.29, 0.717) is 12.3 Å². The van der Waals surface area contributed by atoms with Crippen molar-refractivity contribution in [2.45, 2.75) is 33.6 Å². The number of hydrogen-bond donors (Lipinski definition) is 0. The molecule has 0 aliphatic heterocycles. The number of rotatable bonds is 4. The van der Waals surface area contributed by atoms with Crippen LogP contribution in [0.4, 0.5) is 0 Å². The molecule has 0 heterocycles. The summed E-state index contributed by atoms with van der Waals surface area (Å²) in [5.74, 6) is 3.39. The molecule has 0 N–H and O–H groups in total. The van der Waals surface area contributed by atoms with Gasteiger partial charge in [0.05, 0.1) is 0 Å². The third kappa shape index (κ3) is 3.83. The minimum atomic E-state index is 0.158. The number of carbonyl (C=O) groups is 1. The van der Waals surface area contributed by atoms with Gasteiger partial charge in [-0.3, -0.25) is 4.79 Å². The van der Waals surface area contributed by atoms with Crippen molar-refractivity contribution in [3.63, 3.8) is 0 Å². The number of Topliss-reactive ketones (excluding diaryl/α,β-unsaturated/α-hetero) is 1. The maximum Gasteiger partial charge on any atom is 0.133 e. The van der Waals surface area contributed by atoms with Gasteiger partial charge in [-0.2, -0.15) is 0 Å². The van der Waals surface area contributed by atoms with Gasteiger partial charge in [0.25, 0.3) is 0 Å². The van der Waals surface area contributed by atoms with Crippen LogP contribution in [0, 0.1) is 24.2 Å². The van der Waals surface area contributed by atoms with Crippen LogP contribution in [0.25, 0.3) is 0 Å². The summed E-state index contributed by atoms with van der Waals surface area (Å²) in [5, 5.41) is 0. The first-order valence-corrected chi connectivity index (χ1v) is 4.03. The SMILES string of the molecule is C#CCCC(C(C)=O)C(C)C. The molecule has 0 radical (unpaired) electrons. The predicted octanol–water partition coefficient (Wildman–Crippen LogP) is 2.26. The lowest BCUT2D eigenvalue weighted by Gasteiger charge is -2.15. The maximum atomic E-state index is 11.0. The Labute approximate surface area is 69.2 Å². The van der Waals surface area contributed by atoms with Gasteiger partial charge in [-0.1, -0.05) is 13.8 Å². The number of ketones is 1. The molecule has 62 valence electrons. The lowest BCUT2D eigenvalue weighted by atomic mass is 9.88. The molecule has 0 spiro atoms. The highest BCUT2D eigenvalue weighted by Crippen LogP contribution is 2.17. The van der Waals surface area contributed by atoms with Crippen LogP contribution in [0.1, 0.15) is 33.6 Å². The normalized spacial score (nSPS) is 12.6. The van der Waals surface area contributed by atoms with E-state index in [1.807, 2.05) is 0 Å². The van der Waals surface area contributed by atoms with E-state index in [9.17, 15) is 4.79 Å². The Balaban J connectivity index is 3.92. The summed E-state index contributed by atoms with van der Waals surface area (Å²) in [7, 11) is 0. The quantitative estimate of drug-likeness (QED) is 0.565. The van der Waals surface area contributed by atoms with E-state index in [2.05, 4.69) is 19.8 Å². The van der Waals surface area contributed by atoms with E-state index in [-0.39, 0.29) is 11.7 Å². The fourth-order valence-electron chi connectivity index (χ4n) is 1.24. The van der Waals surface area contributed by atoms with Crippen LogP contribution in [0.5, 0.6) is 0 Å². The molecule has 0 amide bonds. The Hall–Kier alpha value is -0.770. The molecule has 0 aliphatic rings. The monoisotopic (exact) mass is 152 g/mol. The molecule has 0 fully saturated rings. The second-order valence-corrected chi connectivity index (χ2v) is 3.20. The van der Waals surface area contributed by atoms with Gasteiger partial charge in [-0.25, -0.2) is 0 Å². The van der Waals surface area contributed by atoms with Crippen molar-refractivity contribution in [3.8, 4) is 12.3 Å². The summed E-state index contributed by atoms with van der Waals surface area (Å²) in [5.41, 5.74) is 0. The largest absolute Gasteiger partial charge is 0.300 e. The molecule has 0 saturated carbocycles. The molecule has 11 heavy (non-hydrogen) atoms. The van der Waals surface area contributed by atoms with Crippen molar-refractivity contribution in [3.05, 3.63) is 0 Å². The Morgan fingerprint density at radius 1 is 1.55 bits per heavy atom. The Morgan fingerprint density at radius 2 is 2.09 bits per heavy atom. The minimum absolute atomic E-state index is 0.158. The van der Waals surface area contributed by atoms with E-state index in [1.165, 1.54) is 0 Å². The van der Waals surface area contributed by atoms with E-state index >= 15 is 0 Å². The highest BCUT2D eigenvalue weighted by Gasteiger charge is 2.16. The fourth-order valence-corrected chi connectivity index (χ4v) is 1.24. The van der Waals surface area contributed by atoms with Crippen LogP contribution in [0.15, 0.2) is 0 Å². The molecule has 1 unspecified atom stereocenters. The van der Waals surface area contributed by atoms with Crippen molar-refractivity contribution < 1.29 is 4.79 Å². The van der Waals surface area contributed by atoms with Gasteiger partial charge < -0.3 is 0 Å². The van der Waals surface area contributed by atoms with Gasteiger partial charge in [-0.15, -0.1) is 12.3 Å². The number of hydrogen-bond acceptors (Lipinski definition) is 1. The van der Waals surface area contributed by atoms with Gasteiger partial charge >= 0.3 is 0 Å². The van der Waals surface area contributed by atoms with Crippen LogP contribution < -0.4 is 0 Å². The van der Waals surface area contributed by atoms with Crippen molar-refractivity contribution in [1.29, 1.82) is 0 Å². The zero-order valence-corrected chi connectivity index (χ0v) is 7.55. The van der Waals surface area contributed by atoms with Crippen LogP contribution in [0.3, 0.4) is 0 Å². The molecule has 0 aliphatic carbocycles. The van der Waals surface area contributed by atoms with Crippen LogP contribution in [0.2, 0.25) is 0 Å². The zero-order chi connectivity index (χ0) is 8.85. The van der Waals surface area contributed by atoms with Crippen molar-refractivity contribution >= 4 is 5.78 Å². The summed E-state index contributed by atoms with van der Waals surface area (Å²) in [6, 6.07) is 0. The Bertz CT molecular complexity index is 162. The second-order valence-electron chi connectivity index (χ2n) is 3.20. The molecule has 0 bridgehead atoms. The standard InChI is InChI=1S/C10H16O/c1-5-6-7-10(8(2)3)9(4)11/h1,8,10H,6-7H2,2-4H3. The van der Waals surface area contributed by atoms with Gasteiger partial charge in [0.1, 0.15) is 5.78 Å². The molecular weight excluding hydrogens is 136 g/mol. The summed E-state index contributed by atoms with van der Waals surface area (Å²) in [6.07, 6.45) is 6.66. The predicted molar refractivity (Wildman–Crippen MR) is 47.1 cm³/mol. The number of carbonyl (C=O) groups excluding carboxylic acids is 1. The van der Waals surface area contributed by atoms with Crippen molar-refractivity contribution in [2.75, 3.05) is 0 Å². The summed E-state index contributed by atoms with van der Waals surface area (Å²) in [4.78, 5) is 11.0. The average molecular weight is 152 g/mol. The van der Waals surface area contributed by atoms with Crippen LogP contribution >= 0.6 is 0 Å². The fraction of sp³-hybridized carbons (Fsp3) is 0.700. The molecule has 0 aromatic carbocycles. The lowest BCUT2D eigenvalue weighted by molar-refractivity contribution is -0.122. The molecule has 1 atom stereocenters. The van der Waals surface area contributed by atoms with Gasteiger partial charge in [0.2, 0.25) is 0 Å². The molecule has 1 heteroatoms. The Kier molecular flexibility index (Phi) is 4.61. The third-order valence-electron chi connectivity index (χ3n) is 1.93. The third-order valence-corrected chi connectivity index (χ3v) is 1.93. The lowest BCUT2D eigenvalue weighted by Crippen LogP contribution is -2.16. The average Bonchev–Trinajstić information content (AvgIpc) is 1.87. The summed E-state index contributed by atoms with van der Waals surface area (Å²) < 4.78 is 0. The van der Waals surface area contributed by atoms with E-state index < -0.39 is 0 Å². The molecule has 0 aromatic heterocycles. The maximum absolute atomic E-state index is 11.0. The second kappa shape index (κ2) is 4.96. The summed E-state index contributed by atoms with van der Waals surface area (Å²) >= 11 is 0. The molecule has 0 saturated heterocycles. The van der Waals surface area contributed by atoms with E-state index in [0.717, 1.165) is 6.42 Å². The minimum Gasteiger partial charge on any atom is -0.300 e. The number of terminal acetylenes is 1. The van der Waals surface area contributed by atoms with Gasteiger partial charge in [0, 0.05) is 12.3 Å². The highest BCUT2D eigenvalue weighted by atomic mass is 16.1. The molecule has 1 nitrogen and oxygen atoms in total. The topological polar surface area (TPSA) is 17.1 Å². The van der Waals surface area contributed by atoms with E-state index in [1.54, 1.807) is 6.92 Å². The first-order valence-electron chi connectivity index (χ1n) is 4.03. The smallest absolute Gasteiger partial charge is 0.133 e. The van der Waals surface area contributed by atoms with Crippen LogP contribution in [-0.4, -0.2) is 5.78 Å². The summed E-state index contributed by atoms with van der Waals surface area (Å²) in [6.45, 7) is 5.76. The van der Waals surface area contributed by atoms with Crippen LogP contribution in [-0.2, 0) is 4.79 Å². The molecule has 0 aromatic rings. The molecule has 0 rings (SSSR count). The first kappa shape index (κ1) is 10.2. The van der Waals surface area contributed by atoms with Gasteiger partial charge in [0.15, 0.2) is 0 Å². The molecular formula is C10H16O. The van der Waals surface area contributed by atoms with Crippen molar-refractivity contribution in [2.24, 2.45) is 11.8 Å². The van der Waals surface area contributed by atoms with Crippen molar-refractivity contribution in [1.82, 2.24) is 0 Å². The van der Waals surface area contributed by atoms with E-state index in [4.69, 9.17) is 6.42 Å². The Morgan fingerprint density at radius 3 is 2.36 bits per heavy atom.